The Bertz CT molecular complexity index is 472. The fraction of sp³-hybridized carbons (Fsp3) is 0.750. The van der Waals surface area contributed by atoms with E-state index in [1.54, 1.807) is 7.05 Å². The zero-order chi connectivity index (χ0) is 16.6. The Kier molecular flexibility index (Phi) is 11.0. The molecule has 0 atom stereocenters. The van der Waals surface area contributed by atoms with Crippen LogP contribution in [-0.4, -0.2) is 35.7 Å². The molecule has 2 N–H and O–H groups in total. The van der Waals surface area contributed by atoms with Crippen LogP contribution in [0, 0.1) is 0 Å². The highest BCUT2D eigenvalue weighted by Gasteiger charge is 2.16. The van der Waals surface area contributed by atoms with E-state index in [2.05, 4.69) is 54.7 Å². The number of guanidine groups is 1. The molecular weight excluding hydrogens is 423 g/mol. The highest BCUT2D eigenvalue weighted by atomic mass is 127. The summed E-state index contributed by atoms with van der Waals surface area (Å²) >= 11 is 1.83. The molecule has 1 heterocycles. The second-order valence-electron chi connectivity index (χ2n) is 5.97. The Morgan fingerprint density at radius 3 is 2.52 bits per heavy atom. The molecule has 0 aromatic carbocycles. The monoisotopic (exact) mass is 454 g/mol. The number of rotatable bonds is 8. The van der Waals surface area contributed by atoms with E-state index in [0.29, 0.717) is 12.5 Å². The molecule has 0 aliphatic carbocycles. The molecule has 0 aliphatic heterocycles. The minimum Gasteiger partial charge on any atom is -0.359 e. The Morgan fingerprint density at radius 1 is 1.35 bits per heavy atom. The van der Waals surface area contributed by atoms with Crippen LogP contribution in [0.15, 0.2) is 15.6 Å². The summed E-state index contributed by atoms with van der Waals surface area (Å²) in [5.41, 5.74) is 1.05. The maximum absolute atomic E-state index is 5.41. The fourth-order valence-electron chi connectivity index (χ4n) is 2.07. The summed E-state index contributed by atoms with van der Waals surface area (Å²) in [7, 11) is 1.78. The predicted octanol–water partition coefficient (Wildman–Crippen LogP) is 4.00. The van der Waals surface area contributed by atoms with Gasteiger partial charge in [-0.25, -0.2) is 0 Å². The van der Waals surface area contributed by atoms with Crippen molar-refractivity contribution in [1.29, 1.82) is 0 Å². The highest BCUT2D eigenvalue weighted by Crippen LogP contribution is 2.22. The van der Waals surface area contributed by atoms with Gasteiger partial charge in [0.2, 0.25) is 0 Å². The average molecular weight is 454 g/mol. The zero-order valence-corrected chi connectivity index (χ0v) is 18.2. The number of aromatic nitrogens is 1. The molecule has 0 unspecified atom stereocenters. The molecule has 1 rings (SSSR count). The quantitative estimate of drug-likeness (QED) is 0.353. The first-order valence-corrected chi connectivity index (χ1v) is 9.13. The van der Waals surface area contributed by atoms with Gasteiger partial charge in [0.05, 0.1) is 12.2 Å². The number of hydrogen-bond donors (Lipinski definition) is 2. The van der Waals surface area contributed by atoms with Crippen molar-refractivity contribution in [3.05, 3.63) is 17.5 Å². The van der Waals surface area contributed by atoms with E-state index >= 15 is 0 Å². The van der Waals surface area contributed by atoms with Gasteiger partial charge < -0.3 is 15.2 Å². The van der Waals surface area contributed by atoms with Crippen LogP contribution < -0.4 is 10.6 Å². The summed E-state index contributed by atoms with van der Waals surface area (Å²) in [5.74, 6) is 2.11. The predicted molar refractivity (Wildman–Crippen MR) is 111 cm³/mol. The molecule has 0 radical (unpaired) electrons. The maximum Gasteiger partial charge on any atom is 0.191 e. The van der Waals surface area contributed by atoms with Gasteiger partial charge in [-0.15, -0.1) is 24.0 Å². The number of halogens is 1. The number of nitrogens with one attached hydrogen (secondary N) is 2. The van der Waals surface area contributed by atoms with Gasteiger partial charge in [0.25, 0.3) is 0 Å². The average Bonchev–Trinajstić information content (AvgIpc) is 2.97. The Balaban J connectivity index is 0.00000484. The zero-order valence-electron chi connectivity index (χ0n) is 15.1. The lowest BCUT2D eigenvalue weighted by Crippen LogP contribution is -2.42. The van der Waals surface area contributed by atoms with Crippen LogP contribution in [0.5, 0.6) is 0 Å². The lowest BCUT2D eigenvalue weighted by atomic mass is 9.99. The van der Waals surface area contributed by atoms with Crippen molar-refractivity contribution in [2.24, 2.45) is 4.99 Å². The Morgan fingerprint density at radius 2 is 2.00 bits per heavy atom. The standard InChI is InChI=1S/C16H30N4OS.HI/c1-7-12(8-2)14-9-13(21-20-14)10-18-15(17-5)19-11-16(3,4)22-6;/h9,12H,7-8,10-11H2,1-6H3,(H2,17,18,19);1H. The lowest BCUT2D eigenvalue weighted by Gasteiger charge is -2.23. The molecule has 0 saturated carbocycles. The smallest absolute Gasteiger partial charge is 0.191 e. The maximum atomic E-state index is 5.41. The minimum absolute atomic E-state index is 0. The number of thioether (sulfide) groups is 1. The summed E-state index contributed by atoms with van der Waals surface area (Å²) in [6.45, 7) is 10.2. The van der Waals surface area contributed by atoms with Crippen LogP contribution in [-0.2, 0) is 6.54 Å². The lowest BCUT2D eigenvalue weighted by molar-refractivity contribution is 0.368. The summed E-state index contributed by atoms with van der Waals surface area (Å²) in [6.07, 6.45) is 4.29. The van der Waals surface area contributed by atoms with Gasteiger partial charge in [-0.05, 0) is 32.9 Å². The molecule has 1 aromatic rings. The second-order valence-corrected chi connectivity index (χ2v) is 7.49. The van der Waals surface area contributed by atoms with Crippen molar-refractivity contribution in [1.82, 2.24) is 15.8 Å². The fourth-order valence-corrected chi connectivity index (χ4v) is 2.29. The molecule has 5 nitrogen and oxygen atoms in total. The van der Waals surface area contributed by atoms with E-state index in [4.69, 9.17) is 4.52 Å². The SMILES string of the molecule is CCC(CC)c1cc(CNC(=NC)NCC(C)(C)SC)on1.I. The molecule has 23 heavy (non-hydrogen) atoms. The molecular formula is C16H31IN4OS. The topological polar surface area (TPSA) is 62.5 Å². The second kappa shape index (κ2) is 11.2. The number of aliphatic imine (C=N–C) groups is 1. The van der Waals surface area contributed by atoms with Crippen LogP contribution in [0.3, 0.4) is 0 Å². The van der Waals surface area contributed by atoms with E-state index in [1.165, 1.54) is 0 Å². The Labute approximate surface area is 161 Å². The molecule has 134 valence electrons. The molecule has 0 saturated heterocycles. The van der Waals surface area contributed by atoms with Crippen molar-refractivity contribution in [2.75, 3.05) is 19.8 Å². The van der Waals surface area contributed by atoms with E-state index < -0.39 is 0 Å². The largest absolute Gasteiger partial charge is 0.359 e. The summed E-state index contributed by atoms with van der Waals surface area (Å²) in [5, 5.41) is 10.8. The molecule has 0 amide bonds. The van der Waals surface area contributed by atoms with Gasteiger partial charge in [0.1, 0.15) is 0 Å². The third-order valence-corrected chi connectivity index (χ3v) is 5.12. The molecule has 0 aliphatic rings. The van der Waals surface area contributed by atoms with Crippen LogP contribution in [0.1, 0.15) is 57.9 Å². The molecule has 0 spiro atoms. The van der Waals surface area contributed by atoms with Crippen LogP contribution in [0.25, 0.3) is 0 Å². The minimum atomic E-state index is 0. The molecule has 0 fully saturated rings. The van der Waals surface area contributed by atoms with Crippen molar-refractivity contribution in [3.8, 4) is 0 Å². The normalized spacial score (nSPS) is 12.2. The van der Waals surface area contributed by atoms with Crippen LogP contribution in [0.2, 0.25) is 0 Å². The molecule has 7 heteroatoms. The summed E-state index contributed by atoms with van der Waals surface area (Å²) in [4.78, 5) is 4.24. The van der Waals surface area contributed by atoms with Crippen LogP contribution in [0.4, 0.5) is 0 Å². The highest BCUT2D eigenvalue weighted by molar-refractivity contribution is 14.0. The summed E-state index contributed by atoms with van der Waals surface area (Å²) < 4.78 is 5.58. The van der Waals surface area contributed by atoms with E-state index in [1.807, 2.05) is 17.8 Å². The van der Waals surface area contributed by atoms with Crippen LogP contribution >= 0.6 is 35.7 Å². The number of nitrogens with zero attached hydrogens (tertiary/aromatic N) is 2. The molecule has 0 bridgehead atoms. The van der Waals surface area contributed by atoms with Gasteiger partial charge >= 0.3 is 0 Å². The summed E-state index contributed by atoms with van der Waals surface area (Å²) in [6, 6.07) is 2.05. The molecule has 1 aromatic heterocycles. The first kappa shape index (κ1) is 22.6. The Hall–Kier alpha value is -0.440. The van der Waals surface area contributed by atoms with Crippen molar-refractivity contribution >= 4 is 41.7 Å². The third-order valence-electron chi connectivity index (χ3n) is 3.87. The van der Waals surface area contributed by atoms with Crippen molar-refractivity contribution < 1.29 is 4.52 Å². The third kappa shape index (κ3) is 7.78. The van der Waals surface area contributed by atoms with E-state index in [9.17, 15) is 0 Å². The first-order valence-electron chi connectivity index (χ1n) is 7.90. The van der Waals surface area contributed by atoms with Gasteiger partial charge in [-0.2, -0.15) is 11.8 Å². The van der Waals surface area contributed by atoms with E-state index in [-0.39, 0.29) is 28.7 Å². The van der Waals surface area contributed by atoms with Gasteiger partial charge in [-0.3, -0.25) is 4.99 Å². The van der Waals surface area contributed by atoms with Gasteiger partial charge in [-0.1, -0.05) is 19.0 Å². The van der Waals surface area contributed by atoms with E-state index in [0.717, 1.165) is 36.8 Å². The van der Waals surface area contributed by atoms with Crippen molar-refractivity contribution in [2.45, 2.75) is 57.7 Å². The van der Waals surface area contributed by atoms with Gasteiger partial charge in [0.15, 0.2) is 11.7 Å². The first-order chi connectivity index (χ1) is 10.5. The number of hydrogen-bond acceptors (Lipinski definition) is 4. The van der Waals surface area contributed by atoms with Gasteiger partial charge in [0, 0.05) is 30.3 Å². The van der Waals surface area contributed by atoms with Crippen molar-refractivity contribution in [3.63, 3.8) is 0 Å².